The molecule has 0 unspecified atom stereocenters. The number of hydrogen-bond acceptors (Lipinski definition) is 7. The number of carbonyl (C=O) groups is 1. The van der Waals surface area contributed by atoms with E-state index in [0.29, 0.717) is 21.4 Å². The molecule has 4 aromatic heterocycles. The first kappa shape index (κ1) is 22.6. The van der Waals surface area contributed by atoms with Crippen molar-refractivity contribution >= 4 is 38.2 Å². The number of amides is 1. The lowest BCUT2D eigenvalue weighted by molar-refractivity contribution is 0.0959. The number of aromatic amines is 1. The fraction of sp³-hybridized carbons (Fsp3) is 0.150. The fourth-order valence-electron chi connectivity index (χ4n) is 3.27. The highest BCUT2D eigenvalue weighted by molar-refractivity contribution is 7.91. The highest BCUT2D eigenvalue weighted by Gasteiger charge is 2.24. The monoisotopic (exact) mass is 491 g/mol. The SMILES string of the molecule is CNC(=O)c1cc2c(-c3sc(S(N)(=O)=O)cc3Oc3ncc(F)cc3C)cn(C)c(=O)c2[nH]1. The van der Waals surface area contributed by atoms with Crippen LogP contribution in [-0.2, 0) is 17.1 Å². The van der Waals surface area contributed by atoms with Crippen LogP contribution in [0.25, 0.3) is 21.3 Å². The van der Waals surface area contributed by atoms with Crippen LogP contribution in [0, 0.1) is 12.7 Å². The Morgan fingerprint density at radius 2 is 2.06 bits per heavy atom. The molecule has 0 radical (unpaired) electrons. The van der Waals surface area contributed by atoms with Gasteiger partial charge in [0.15, 0.2) is 0 Å². The van der Waals surface area contributed by atoms with Crippen molar-refractivity contribution in [1.82, 2.24) is 19.9 Å². The zero-order valence-electron chi connectivity index (χ0n) is 17.6. The summed E-state index contributed by atoms with van der Waals surface area (Å²) in [5.41, 5.74) is 0.734. The Kier molecular flexibility index (Phi) is 5.56. The van der Waals surface area contributed by atoms with E-state index in [1.54, 1.807) is 6.92 Å². The third-order valence-corrected chi connectivity index (χ3v) is 7.41. The average Bonchev–Trinajstić information content (AvgIpc) is 3.37. The van der Waals surface area contributed by atoms with Crippen LogP contribution in [0.2, 0.25) is 0 Å². The Bertz CT molecular complexity index is 1590. The number of nitrogens with zero attached hydrogens (tertiary/aromatic N) is 2. The molecule has 0 atom stereocenters. The number of pyridine rings is 2. The van der Waals surface area contributed by atoms with Gasteiger partial charge in [0.2, 0.25) is 15.9 Å². The molecule has 10 nitrogen and oxygen atoms in total. The molecule has 0 fully saturated rings. The van der Waals surface area contributed by atoms with E-state index in [1.807, 2.05) is 0 Å². The number of halogens is 1. The van der Waals surface area contributed by atoms with Crippen LogP contribution in [-0.4, -0.2) is 35.9 Å². The minimum atomic E-state index is -4.09. The maximum Gasteiger partial charge on any atom is 0.274 e. The fourth-order valence-corrected chi connectivity index (χ4v) is 5.09. The Labute approximate surface area is 190 Å². The molecule has 0 saturated heterocycles. The molecule has 4 rings (SSSR count). The van der Waals surface area contributed by atoms with Gasteiger partial charge in [0.1, 0.15) is 27.0 Å². The standard InChI is InChI=1S/C20H18FN5O5S2/c1-9-4-10(21)7-24-19(9)31-14-6-15(33(22,29)30)32-17(14)12-8-26(3)20(28)16-11(12)5-13(25-16)18(27)23-2/h4-8,25H,1-3H3,(H,23,27)(H2,22,29,30). The van der Waals surface area contributed by atoms with E-state index in [-0.39, 0.29) is 32.6 Å². The van der Waals surface area contributed by atoms with Crippen LogP contribution in [0.5, 0.6) is 11.6 Å². The zero-order valence-corrected chi connectivity index (χ0v) is 19.2. The molecule has 172 valence electrons. The maximum absolute atomic E-state index is 13.5. The second-order valence-electron chi connectivity index (χ2n) is 7.19. The zero-order chi connectivity index (χ0) is 24.1. The van der Waals surface area contributed by atoms with Gasteiger partial charge in [-0.3, -0.25) is 9.59 Å². The Morgan fingerprint density at radius 3 is 2.70 bits per heavy atom. The van der Waals surface area contributed by atoms with Gasteiger partial charge in [-0.1, -0.05) is 0 Å². The molecule has 0 aliphatic rings. The van der Waals surface area contributed by atoms with Crippen LogP contribution in [0.4, 0.5) is 4.39 Å². The van der Waals surface area contributed by atoms with Crippen molar-refractivity contribution in [3.8, 4) is 22.1 Å². The number of thiophene rings is 1. The summed E-state index contributed by atoms with van der Waals surface area (Å²) < 4.78 is 44.6. The number of nitrogens with two attached hydrogens (primary N) is 1. The van der Waals surface area contributed by atoms with E-state index >= 15 is 0 Å². The first-order valence-electron chi connectivity index (χ1n) is 9.41. The lowest BCUT2D eigenvalue weighted by atomic mass is 10.1. The highest BCUT2D eigenvalue weighted by atomic mass is 32.2. The summed E-state index contributed by atoms with van der Waals surface area (Å²) in [6, 6.07) is 3.96. The molecule has 1 amide bonds. The van der Waals surface area contributed by atoms with Gasteiger partial charge in [-0.05, 0) is 19.1 Å². The van der Waals surface area contributed by atoms with E-state index in [1.165, 1.54) is 43.1 Å². The third-order valence-electron chi connectivity index (χ3n) is 4.84. The molecular formula is C20H18FN5O5S2. The first-order valence-corrected chi connectivity index (χ1v) is 11.8. The largest absolute Gasteiger partial charge is 0.437 e. The van der Waals surface area contributed by atoms with Gasteiger partial charge < -0.3 is 19.6 Å². The molecule has 0 spiro atoms. The summed E-state index contributed by atoms with van der Waals surface area (Å²) in [6.45, 7) is 1.59. The summed E-state index contributed by atoms with van der Waals surface area (Å²) in [6.07, 6.45) is 2.48. The van der Waals surface area contributed by atoms with Gasteiger partial charge in [0, 0.05) is 42.9 Å². The number of fused-ring (bicyclic) bond motifs is 1. The molecule has 0 saturated carbocycles. The molecule has 0 aliphatic heterocycles. The van der Waals surface area contributed by atoms with E-state index < -0.39 is 21.7 Å². The topological polar surface area (TPSA) is 149 Å². The molecule has 33 heavy (non-hydrogen) atoms. The molecule has 4 N–H and O–H groups in total. The molecule has 13 heteroatoms. The van der Waals surface area contributed by atoms with Crippen molar-refractivity contribution in [1.29, 1.82) is 0 Å². The number of aromatic nitrogens is 3. The van der Waals surface area contributed by atoms with Gasteiger partial charge in [-0.15, -0.1) is 11.3 Å². The second kappa shape index (κ2) is 8.10. The smallest absolute Gasteiger partial charge is 0.274 e. The molecule has 4 aromatic rings. The van der Waals surface area contributed by atoms with Crippen LogP contribution < -0.4 is 20.8 Å². The van der Waals surface area contributed by atoms with Crippen LogP contribution in [0.3, 0.4) is 0 Å². The summed E-state index contributed by atoms with van der Waals surface area (Å²) >= 11 is 0.831. The molecule has 0 aliphatic carbocycles. The minimum Gasteiger partial charge on any atom is -0.437 e. The summed E-state index contributed by atoms with van der Waals surface area (Å²) in [7, 11) is -1.11. The van der Waals surface area contributed by atoms with Crippen molar-refractivity contribution in [3.05, 3.63) is 58.0 Å². The number of rotatable bonds is 5. The first-order chi connectivity index (χ1) is 15.5. The number of primary sulfonamides is 1. The molecule has 4 heterocycles. The summed E-state index contributed by atoms with van der Waals surface area (Å²) in [4.78, 5) is 31.9. The van der Waals surface area contributed by atoms with Gasteiger partial charge >= 0.3 is 0 Å². The predicted molar refractivity (Wildman–Crippen MR) is 121 cm³/mol. The highest BCUT2D eigenvalue weighted by Crippen LogP contribution is 2.44. The molecule has 0 aromatic carbocycles. The van der Waals surface area contributed by atoms with Crippen molar-refractivity contribution in [2.45, 2.75) is 11.1 Å². The number of carbonyl (C=O) groups excluding carboxylic acids is 1. The summed E-state index contributed by atoms with van der Waals surface area (Å²) in [5.74, 6) is -0.825. The average molecular weight is 492 g/mol. The van der Waals surface area contributed by atoms with E-state index in [4.69, 9.17) is 9.88 Å². The van der Waals surface area contributed by atoms with E-state index in [2.05, 4.69) is 15.3 Å². The molecule has 0 bridgehead atoms. The van der Waals surface area contributed by atoms with E-state index in [0.717, 1.165) is 17.5 Å². The minimum absolute atomic E-state index is 0.0672. The number of hydrogen-bond donors (Lipinski definition) is 3. The lowest BCUT2D eigenvalue weighted by Crippen LogP contribution is -2.19. The number of aryl methyl sites for hydroxylation is 2. The number of nitrogens with one attached hydrogen (secondary N) is 2. The van der Waals surface area contributed by atoms with E-state index in [9.17, 15) is 22.4 Å². The van der Waals surface area contributed by atoms with Crippen LogP contribution in [0.1, 0.15) is 16.1 Å². The van der Waals surface area contributed by atoms with Crippen molar-refractivity contribution in [2.24, 2.45) is 12.2 Å². The van der Waals surface area contributed by atoms with Crippen molar-refractivity contribution < 1.29 is 22.3 Å². The van der Waals surface area contributed by atoms with Crippen LogP contribution in [0.15, 0.2) is 39.6 Å². The van der Waals surface area contributed by atoms with Crippen molar-refractivity contribution in [3.63, 3.8) is 0 Å². The second-order valence-corrected chi connectivity index (χ2v) is 10.0. The number of sulfonamides is 1. The van der Waals surface area contributed by atoms with Crippen molar-refractivity contribution in [2.75, 3.05) is 7.05 Å². The Balaban J connectivity index is 1.99. The predicted octanol–water partition coefficient (Wildman–Crippen LogP) is 2.24. The Hall–Kier alpha value is -3.55. The number of ether oxygens (including phenoxy) is 1. The lowest BCUT2D eigenvalue weighted by Gasteiger charge is -2.10. The van der Waals surface area contributed by atoms with Gasteiger partial charge in [0.25, 0.3) is 11.5 Å². The molecular weight excluding hydrogens is 473 g/mol. The Morgan fingerprint density at radius 1 is 1.33 bits per heavy atom. The van der Waals surface area contributed by atoms with Gasteiger partial charge in [-0.25, -0.2) is 22.9 Å². The van der Waals surface area contributed by atoms with Gasteiger partial charge in [-0.2, -0.15) is 0 Å². The van der Waals surface area contributed by atoms with Gasteiger partial charge in [0.05, 0.1) is 11.1 Å². The third kappa shape index (κ3) is 4.13. The summed E-state index contributed by atoms with van der Waals surface area (Å²) in [5, 5.41) is 8.20. The number of H-pyrrole nitrogens is 1. The maximum atomic E-state index is 13.5. The van der Waals surface area contributed by atoms with Crippen LogP contribution >= 0.6 is 11.3 Å². The normalized spacial score (nSPS) is 11.7. The quantitative estimate of drug-likeness (QED) is 0.390.